The smallest absolute Gasteiger partial charge is 0.331 e. The van der Waals surface area contributed by atoms with E-state index in [0.717, 1.165) is 0 Å². The molecule has 0 saturated carbocycles. The number of hydrogen-bond donors (Lipinski definition) is 2. The van der Waals surface area contributed by atoms with Crippen LogP contribution in [-0.2, 0) is 19.1 Å². The summed E-state index contributed by atoms with van der Waals surface area (Å²) in [7, 11) is 0. The van der Waals surface area contributed by atoms with Crippen LogP contribution in [0.3, 0.4) is 0 Å². The molecule has 0 atom stereocenters. The summed E-state index contributed by atoms with van der Waals surface area (Å²) in [6.45, 7) is 0.994. The minimum absolute atomic E-state index is 0.00731. The molecule has 1 saturated heterocycles. The summed E-state index contributed by atoms with van der Waals surface area (Å²) in [6.07, 6.45) is 0.653. The van der Waals surface area contributed by atoms with Crippen LogP contribution in [0.4, 0.5) is 0 Å². The van der Waals surface area contributed by atoms with Gasteiger partial charge in [-0.3, -0.25) is 4.79 Å². The van der Waals surface area contributed by atoms with Crippen molar-refractivity contribution < 1.29 is 29.3 Å². The highest BCUT2D eigenvalue weighted by Crippen LogP contribution is 2.06. The number of amides is 1. The van der Waals surface area contributed by atoms with Crippen LogP contribution >= 0.6 is 0 Å². The summed E-state index contributed by atoms with van der Waals surface area (Å²) in [5, 5.41) is 17.2. The molecular formula is C10H13NO6. The molecule has 2 N–H and O–H groups in total. The van der Waals surface area contributed by atoms with Crippen LogP contribution in [0.25, 0.3) is 0 Å². The van der Waals surface area contributed by atoms with Crippen LogP contribution < -0.4 is 0 Å². The number of hydrogen-bond acceptors (Lipinski definition) is 4. The molecule has 0 aromatic carbocycles. The van der Waals surface area contributed by atoms with Gasteiger partial charge in [0.1, 0.15) is 6.61 Å². The Labute approximate surface area is 97.3 Å². The van der Waals surface area contributed by atoms with Crippen LogP contribution in [0.15, 0.2) is 11.6 Å². The molecule has 0 spiro atoms. The van der Waals surface area contributed by atoms with Crippen molar-refractivity contribution in [3.05, 3.63) is 11.6 Å². The van der Waals surface area contributed by atoms with E-state index in [4.69, 9.17) is 14.9 Å². The first-order chi connectivity index (χ1) is 8.00. The fourth-order valence-electron chi connectivity index (χ4n) is 1.43. The van der Waals surface area contributed by atoms with E-state index in [2.05, 4.69) is 0 Å². The van der Waals surface area contributed by atoms with E-state index in [-0.39, 0.29) is 31.1 Å². The fourth-order valence-corrected chi connectivity index (χ4v) is 1.43. The Kier molecular flexibility index (Phi) is 4.65. The average Bonchev–Trinajstić information content (AvgIpc) is 2.25. The Hall–Kier alpha value is -1.89. The number of aliphatic carboxylic acids is 2. The maximum absolute atomic E-state index is 11.3. The lowest BCUT2D eigenvalue weighted by Crippen LogP contribution is -2.42. The Morgan fingerprint density at radius 3 is 2.65 bits per heavy atom. The highest BCUT2D eigenvalue weighted by Gasteiger charge is 2.19. The molecular weight excluding hydrogens is 230 g/mol. The summed E-state index contributed by atoms with van der Waals surface area (Å²) < 4.78 is 4.91. The molecule has 17 heavy (non-hydrogen) atoms. The third-order valence-corrected chi connectivity index (χ3v) is 2.31. The predicted molar refractivity (Wildman–Crippen MR) is 55.4 cm³/mol. The average molecular weight is 243 g/mol. The number of nitrogens with zero attached hydrogens (tertiary/aromatic N) is 1. The van der Waals surface area contributed by atoms with E-state index in [0.29, 0.717) is 19.2 Å². The highest BCUT2D eigenvalue weighted by molar-refractivity contribution is 5.94. The van der Waals surface area contributed by atoms with E-state index in [1.165, 1.54) is 4.90 Å². The molecule has 7 heteroatoms. The first-order valence-corrected chi connectivity index (χ1v) is 5.03. The summed E-state index contributed by atoms with van der Waals surface area (Å²) in [6, 6.07) is 0. The third-order valence-electron chi connectivity index (χ3n) is 2.31. The van der Waals surface area contributed by atoms with Gasteiger partial charge in [-0.05, 0) is 6.42 Å². The molecule has 1 rings (SSSR count). The van der Waals surface area contributed by atoms with Gasteiger partial charge in [0, 0.05) is 24.7 Å². The zero-order valence-electron chi connectivity index (χ0n) is 9.09. The largest absolute Gasteiger partial charge is 0.478 e. The first-order valence-electron chi connectivity index (χ1n) is 5.03. The van der Waals surface area contributed by atoms with Crippen LogP contribution in [0.1, 0.15) is 6.42 Å². The zero-order valence-corrected chi connectivity index (χ0v) is 9.09. The summed E-state index contributed by atoms with van der Waals surface area (Å²) >= 11 is 0. The van der Waals surface area contributed by atoms with E-state index in [1.807, 2.05) is 0 Å². The predicted octanol–water partition coefficient (Wildman–Crippen LogP) is -0.669. The molecule has 1 aliphatic heterocycles. The van der Waals surface area contributed by atoms with Gasteiger partial charge in [0.15, 0.2) is 0 Å². The van der Waals surface area contributed by atoms with Gasteiger partial charge in [0.25, 0.3) is 0 Å². The Bertz CT molecular complexity index is 362. The number of carboxylic acids is 2. The van der Waals surface area contributed by atoms with Gasteiger partial charge in [-0.2, -0.15) is 0 Å². The fraction of sp³-hybridized carbons (Fsp3) is 0.500. The molecule has 0 aromatic heterocycles. The van der Waals surface area contributed by atoms with E-state index >= 15 is 0 Å². The number of carbonyl (C=O) groups excluding carboxylic acids is 1. The van der Waals surface area contributed by atoms with Crippen molar-refractivity contribution in [1.29, 1.82) is 0 Å². The maximum Gasteiger partial charge on any atom is 0.331 e. The number of ether oxygens (including phenoxy) is 1. The van der Waals surface area contributed by atoms with Crippen LogP contribution in [0.2, 0.25) is 0 Å². The molecule has 1 fully saturated rings. The van der Waals surface area contributed by atoms with Crippen molar-refractivity contribution in [3.8, 4) is 0 Å². The van der Waals surface area contributed by atoms with Gasteiger partial charge < -0.3 is 19.8 Å². The van der Waals surface area contributed by atoms with Gasteiger partial charge >= 0.3 is 11.9 Å². The quantitative estimate of drug-likeness (QED) is 0.620. The second-order valence-corrected chi connectivity index (χ2v) is 3.50. The molecule has 1 aliphatic rings. The Morgan fingerprint density at radius 2 is 2.12 bits per heavy atom. The minimum Gasteiger partial charge on any atom is -0.478 e. The number of carboxylic acid groups (broad SMARTS) is 2. The number of carbonyl (C=O) groups is 3. The lowest BCUT2D eigenvalue weighted by molar-refractivity contribution is -0.143. The lowest BCUT2D eigenvalue weighted by Gasteiger charge is -2.26. The SMILES string of the molecule is O=C(O)/C=C(\CCN1CCOCC1=O)C(=O)O. The van der Waals surface area contributed by atoms with Gasteiger partial charge in [-0.1, -0.05) is 0 Å². The van der Waals surface area contributed by atoms with E-state index < -0.39 is 11.9 Å². The Morgan fingerprint density at radius 1 is 1.41 bits per heavy atom. The van der Waals surface area contributed by atoms with E-state index in [9.17, 15) is 14.4 Å². The zero-order chi connectivity index (χ0) is 12.8. The molecule has 94 valence electrons. The molecule has 1 heterocycles. The number of rotatable bonds is 5. The van der Waals surface area contributed by atoms with Crippen molar-refractivity contribution in [1.82, 2.24) is 4.90 Å². The molecule has 0 unspecified atom stereocenters. The third kappa shape index (κ3) is 4.23. The molecule has 0 aliphatic carbocycles. The minimum atomic E-state index is -1.31. The molecule has 7 nitrogen and oxygen atoms in total. The highest BCUT2D eigenvalue weighted by atomic mass is 16.5. The molecule has 0 aromatic rings. The summed E-state index contributed by atoms with van der Waals surface area (Å²) in [5.74, 6) is -2.81. The van der Waals surface area contributed by atoms with Crippen LogP contribution in [0, 0.1) is 0 Å². The molecule has 1 amide bonds. The number of morpholine rings is 1. The summed E-state index contributed by atoms with van der Waals surface area (Å²) in [5.41, 5.74) is -0.225. The van der Waals surface area contributed by atoms with Crippen LogP contribution in [0.5, 0.6) is 0 Å². The van der Waals surface area contributed by atoms with Gasteiger partial charge in [0.2, 0.25) is 5.91 Å². The summed E-state index contributed by atoms with van der Waals surface area (Å²) in [4.78, 5) is 33.9. The Balaban J connectivity index is 2.54. The first kappa shape index (κ1) is 13.2. The normalized spacial score (nSPS) is 17.1. The molecule has 0 bridgehead atoms. The monoisotopic (exact) mass is 243 g/mol. The standard InChI is InChI=1S/C10H13NO6/c12-8-6-17-4-3-11(8)2-1-7(10(15)16)5-9(13)14/h5H,1-4,6H2,(H,13,14)(H,15,16)/b7-5+. The topological polar surface area (TPSA) is 104 Å². The van der Waals surface area contributed by atoms with Crippen molar-refractivity contribution in [2.45, 2.75) is 6.42 Å². The van der Waals surface area contributed by atoms with Crippen LogP contribution in [-0.4, -0.2) is 59.3 Å². The van der Waals surface area contributed by atoms with E-state index in [1.54, 1.807) is 0 Å². The van der Waals surface area contributed by atoms with Gasteiger partial charge in [0.05, 0.1) is 6.61 Å². The van der Waals surface area contributed by atoms with Crippen molar-refractivity contribution in [2.75, 3.05) is 26.3 Å². The van der Waals surface area contributed by atoms with Crippen molar-refractivity contribution in [3.63, 3.8) is 0 Å². The second-order valence-electron chi connectivity index (χ2n) is 3.50. The molecule has 0 radical (unpaired) electrons. The maximum atomic E-state index is 11.3. The van der Waals surface area contributed by atoms with Gasteiger partial charge in [-0.25, -0.2) is 9.59 Å². The van der Waals surface area contributed by atoms with Crippen molar-refractivity contribution in [2.24, 2.45) is 0 Å². The van der Waals surface area contributed by atoms with Crippen molar-refractivity contribution >= 4 is 17.8 Å². The van der Waals surface area contributed by atoms with Gasteiger partial charge in [-0.15, -0.1) is 0 Å². The lowest BCUT2D eigenvalue weighted by atomic mass is 10.1. The second kappa shape index (κ2) is 6.00.